The number of hydrogen-bond acceptors (Lipinski definition) is 4. The van der Waals surface area contributed by atoms with Crippen LogP contribution in [0.15, 0.2) is 0 Å². The van der Waals surface area contributed by atoms with Gasteiger partial charge in [-0.3, -0.25) is 0 Å². The molecular weight excluding hydrogens is 174 g/mol. The molecule has 0 rings (SSSR count). The molecule has 0 saturated carbocycles. The van der Waals surface area contributed by atoms with Crippen molar-refractivity contribution >= 4 is 8.80 Å². The molecule has 0 aliphatic heterocycles. The van der Waals surface area contributed by atoms with Gasteiger partial charge < -0.3 is 21.1 Å². The summed E-state index contributed by atoms with van der Waals surface area (Å²) in [6, 6.07) is 0. The number of aliphatic hydroxyl groups excluding tert-OH is 3. The molecule has 0 saturated heterocycles. The topological polar surface area (TPSA) is 86.7 Å². The number of rotatable bonds is 3. The summed E-state index contributed by atoms with van der Waals surface area (Å²) in [6.07, 6.45) is 0. The minimum absolute atomic E-state index is 0.120. The van der Waals surface area contributed by atoms with Crippen molar-refractivity contribution in [3.05, 3.63) is 0 Å². The van der Waals surface area contributed by atoms with E-state index in [1.165, 1.54) is 0 Å². The Bertz CT molecular complexity index is 85.6. The lowest BCUT2D eigenvalue weighted by molar-refractivity contribution is 0.0698. The van der Waals surface area contributed by atoms with Crippen molar-refractivity contribution in [3.63, 3.8) is 0 Å². The van der Waals surface area contributed by atoms with Crippen LogP contribution >= 0.6 is 0 Å². The molecule has 75 valence electrons. The van der Waals surface area contributed by atoms with Crippen LogP contribution in [0.2, 0.25) is 19.6 Å². The van der Waals surface area contributed by atoms with Gasteiger partial charge in [0.15, 0.2) is 0 Å². The molecule has 0 aliphatic carbocycles. The van der Waals surface area contributed by atoms with Crippen molar-refractivity contribution in [2.75, 3.05) is 19.8 Å². The Morgan fingerprint density at radius 1 is 1.00 bits per heavy atom. The monoisotopic (exact) mass is 194 g/mol. The Morgan fingerprint density at radius 3 is 1.17 bits per heavy atom. The largest absolute Gasteiger partial charge is 0.394 e. The SMILES string of the molecule is C[Si](C)C.NC(CO)(CO)CO. The molecule has 0 heterocycles. The molecular formula is C7H20NO3Si. The van der Waals surface area contributed by atoms with Gasteiger partial charge in [-0.05, 0) is 0 Å². The van der Waals surface area contributed by atoms with Crippen molar-refractivity contribution in [2.45, 2.75) is 25.2 Å². The summed E-state index contributed by atoms with van der Waals surface area (Å²) < 4.78 is 0. The molecule has 0 spiro atoms. The maximum atomic E-state index is 8.34. The summed E-state index contributed by atoms with van der Waals surface area (Å²) in [5, 5.41) is 25.0. The summed E-state index contributed by atoms with van der Waals surface area (Å²) >= 11 is 0. The molecule has 0 atom stereocenters. The average Bonchev–Trinajstić information content (AvgIpc) is 2.02. The Hall–Kier alpha value is 0.0569. The predicted octanol–water partition coefficient (Wildman–Crippen LogP) is -0.969. The quantitative estimate of drug-likeness (QED) is 0.435. The van der Waals surface area contributed by atoms with Crippen LogP contribution in [0.5, 0.6) is 0 Å². The second-order valence-corrected chi connectivity index (χ2v) is 6.34. The third kappa shape index (κ3) is 10.1. The minimum Gasteiger partial charge on any atom is -0.394 e. The Kier molecular flexibility index (Phi) is 9.34. The van der Waals surface area contributed by atoms with E-state index in [2.05, 4.69) is 19.6 Å². The van der Waals surface area contributed by atoms with E-state index >= 15 is 0 Å². The van der Waals surface area contributed by atoms with Crippen LogP contribution in [-0.4, -0.2) is 49.5 Å². The lowest BCUT2D eigenvalue weighted by Gasteiger charge is -2.20. The first-order chi connectivity index (χ1) is 5.41. The molecule has 1 radical (unpaired) electrons. The lowest BCUT2D eigenvalue weighted by Crippen LogP contribution is -2.50. The summed E-state index contributed by atoms with van der Waals surface area (Å²) in [5.41, 5.74) is 3.94. The summed E-state index contributed by atoms with van der Waals surface area (Å²) in [5.74, 6) is 0. The van der Waals surface area contributed by atoms with Crippen molar-refractivity contribution in [1.29, 1.82) is 0 Å². The third-order valence-corrected chi connectivity index (χ3v) is 0.945. The van der Waals surface area contributed by atoms with Gasteiger partial charge in [-0.25, -0.2) is 0 Å². The fourth-order valence-corrected chi connectivity index (χ4v) is 0.150. The van der Waals surface area contributed by atoms with Crippen LogP contribution in [-0.2, 0) is 0 Å². The second-order valence-electron chi connectivity index (χ2n) is 3.34. The highest BCUT2D eigenvalue weighted by atomic mass is 28.3. The molecule has 5 heteroatoms. The van der Waals surface area contributed by atoms with Crippen LogP contribution in [0.1, 0.15) is 0 Å². The fourth-order valence-electron chi connectivity index (χ4n) is 0.150. The smallest absolute Gasteiger partial charge is 0.0856 e. The molecule has 0 aromatic carbocycles. The van der Waals surface area contributed by atoms with Gasteiger partial charge in [0.05, 0.1) is 25.4 Å². The molecule has 0 fully saturated rings. The van der Waals surface area contributed by atoms with E-state index in [4.69, 9.17) is 21.1 Å². The van der Waals surface area contributed by atoms with E-state index in [-0.39, 0.29) is 8.80 Å². The highest BCUT2D eigenvalue weighted by Gasteiger charge is 2.20. The highest BCUT2D eigenvalue weighted by Crippen LogP contribution is 1.93. The molecule has 12 heavy (non-hydrogen) atoms. The van der Waals surface area contributed by atoms with E-state index in [1.807, 2.05) is 0 Å². The first-order valence-electron chi connectivity index (χ1n) is 3.80. The summed E-state index contributed by atoms with van der Waals surface area (Å²) in [4.78, 5) is 0. The molecule has 0 amide bonds. The first-order valence-corrected chi connectivity index (χ1v) is 6.80. The highest BCUT2D eigenvalue weighted by molar-refractivity contribution is 6.54. The van der Waals surface area contributed by atoms with Crippen LogP contribution in [0.4, 0.5) is 0 Å². The molecule has 0 unspecified atom stereocenters. The Morgan fingerprint density at radius 2 is 1.17 bits per heavy atom. The second kappa shape index (κ2) is 7.69. The fraction of sp³-hybridized carbons (Fsp3) is 1.00. The Labute approximate surface area is 75.6 Å². The van der Waals surface area contributed by atoms with E-state index in [1.54, 1.807) is 0 Å². The maximum Gasteiger partial charge on any atom is 0.0856 e. The van der Waals surface area contributed by atoms with Crippen molar-refractivity contribution in [3.8, 4) is 0 Å². The molecule has 5 N–H and O–H groups in total. The van der Waals surface area contributed by atoms with Crippen LogP contribution in [0.3, 0.4) is 0 Å². The molecule has 0 aromatic heterocycles. The zero-order chi connectivity index (χ0) is 10.2. The van der Waals surface area contributed by atoms with Gasteiger partial charge >= 0.3 is 0 Å². The van der Waals surface area contributed by atoms with Gasteiger partial charge in [-0.1, -0.05) is 19.6 Å². The van der Waals surface area contributed by atoms with E-state index < -0.39 is 25.4 Å². The van der Waals surface area contributed by atoms with Crippen LogP contribution < -0.4 is 5.73 Å². The van der Waals surface area contributed by atoms with Gasteiger partial charge in [0.1, 0.15) is 0 Å². The van der Waals surface area contributed by atoms with Crippen LogP contribution in [0.25, 0.3) is 0 Å². The average molecular weight is 194 g/mol. The predicted molar refractivity (Wildman–Crippen MR) is 51.5 cm³/mol. The van der Waals surface area contributed by atoms with Crippen molar-refractivity contribution < 1.29 is 15.3 Å². The van der Waals surface area contributed by atoms with Crippen molar-refractivity contribution in [2.24, 2.45) is 5.73 Å². The van der Waals surface area contributed by atoms with Crippen molar-refractivity contribution in [1.82, 2.24) is 0 Å². The van der Waals surface area contributed by atoms with Gasteiger partial charge in [-0.15, -0.1) is 0 Å². The standard InChI is InChI=1S/C4H11NO3.C3H9Si/c5-4(1-6,2-7)3-8;1-4(2)3/h6-8H,1-3,5H2;1-3H3. The lowest BCUT2D eigenvalue weighted by atomic mass is 10.1. The normalized spacial score (nSPS) is 11.0. The third-order valence-electron chi connectivity index (χ3n) is 0.945. The van der Waals surface area contributed by atoms with E-state index in [0.29, 0.717) is 0 Å². The first kappa shape index (κ1) is 14.6. The van der Waals surface area contributed by atoms with Gasteiger partial charge in [-0.2, -0.15) is 0 Å². The molecule has 0 aromatic rings. The minimum atomic E-state index is -1.21. The molecule has 0 bridgehead atoms. The maximum absolute atomic E-state index is 8.34. The summed E-state index contributed by atoms with van der Waals surface area (Å²) in [6.45, 7) is 5.60. The number of hydrogen-bond donors (Lipinski definition) is 4. The Balaban J connectivity index is 0. The van der Waals surface area contributed by atoms with Gasteiger partial charge in [0.25, 0.3) is 0 Å². The summed E-state index contributed by atoms with van der Waals surface area (Å²) in [7, 11) is 0.120. The van der Waals surface area contributed by atoms with E-state index in [9.17, 15) is 0 Å². The number of nitrogens with two attached hydrogens (primary N) is 1. The molecule has 0 aliphatic rings. The van der Waals surface area contributed by atoms with Gasteiger partial charge in [0, 0.05) is 8.80 Å². The van der Waals surface area contributed by atoms with Gasteiger partial charge in [0.2, 0.25) is 0 Å². The zero-order valence-corrected chi connectivity index (χ0v) is 9.04. The zero-order valence-electron chi connectivity index (χ0n) is 8.04. The molecule has 4 nitrogen and oxygen atoms in total. The van der Waals surface area contributed by atoms with E-state index in [0.717, 1.165) is 0 Å². The number of aliphatic hydroxyl groups is 3. The van der Waals surface area contributed by atoms with Crippen LogP contribution in [0, 0.1) is 0 Å².